The zero-order chi connectivity index (χ0) is 14.0. The van der Waals surface area contributed by atoms with Gasteiger partial charge in [0.15, 0.2) is 0 Å². The molecular weight excluding hydrogens is 216 g/mol. The molecule has 0 aromatic rings. The highest BCUT2D eigenvalue weighted by Gasteiger charge is 2.31. The molecule has 0 nitrogen and oxygen atoms in total. The van der Waals surface area contributed by atoms with Gasteiger partial charge in [0.1, 0.15) is 0 Å². The molecule has 0 heterocycles. The van der Waals surface area contributed by atoms with Crippen molar-refractivity contribution in [2.75, 3.05) is 0 Å². The second kappa shape index (κ2) is 5.80. The lowest BCUT2D eigenvalue weighted by atomic mass is 9.67. The number of hydrogen-bond acceptors (Lipinski definition) is 0. The second-order valence-electron chi connectivity index (χ2n) is 8.13. The quantitative estimate of drug-likeness (QED) is 0.519. The van der Waals surface area contributed by atoms with E-state index in [1.54, 1.807) is 0 Å². The van der Waals surface area contributed by atoms with E-state index in [1.807, 2.05) is 0 Å². The van der Waals surface area contributed by atoms with Gasteiger partial charge in [0.25, 0.3) is 0 Å². The molecule has 0 bridgehead atoms. The van der Waals surface area contributed by atoms with Crippen LogP contribution in [0, 0.1) is 22.7 Å². The van der Waals surface area contributed by atoms with E-state index in [9.17, 15) is 0 Å². The fourth-order valence-corrected chi connectivity index (χ4v) is 3.11. The molecule has 0 N–H and O–H groups in total. The first-order chi connectivity index (χ1) is 8.16. The fraction of sp³-hybridized carbons (Fsp3) is 0.889. The van der Waals surface area contributed by atoms with Crippen molar-refractivity contribution in [2.24, 2.45) is 22.7 Å². The molecule has 0 spiro atoms. The Kier molecular flexibility index (Phi) is 5.09. The third-order valence-electron chi connectivity index (χ3n) is 5.45. The van der Waals surface area contributed by atoms with E-state index >= 15 is 0 Å². The highest BCUT2D eigenvalue weighted by molar-refractivity contribution is 5.07. The summed E-state index contributed by atoms with van der Waals surface area (Å²) in [5.41, 5.74) is 2.31. The van der Waals surface area contributed by atoms with Crippen LogP contribution in [0.3, 0.4) is 0 Å². The van der Waals surface area contributed by atoms with Crippen molar-refractivity contribution in [1.82, 2.24) is 0 Å². The summed E-state index contributed by atoms with van der Waals surface area (Å²) in [5.74, 6) is 1.84. The van der Waals surface area contributed by atoms with Crippen LogP contribution in [0.1, 0.15) is 80.1 Å². The molecule has 1 fully saturated rings. The molecule has 106 valence electrons. The van der Waals surface area contributed by atoms with Crippen molar-refractivity contribution in [3.8, 4) is 0 Å². The molecule has 18 heavy (non-hydrogen) atoms. The Balaban J connectivity index is 2.43. The molecule has 0 radical (unpaired) electrons. The van der Waals surface area contributed by atoms with Gasteiger partial charge >= 0.3 is 0 Å². The predicted octanol–water partition coefficient (Wildman–Crippen LogP) is 6.22. The molecule has 1 saturated carbocycles. The molecule has 1 rings (SSSR count). The molecule has 0 aromatic carbocycles. The van der Waals surface area contributed by atoms with Crippen LogP contribution in [-0.4, -0.2) is 0 Å². The SMILES string of the molecule is C=C(CC1CCC(C(C)(C)C)CC1)C(C)(C)CC. The lowest BCUT2D eigenvalue weighted by Gasteiger charge is -2.38. The second-order valence-corrected chi connectivity index (χ2v) is 8.13. The van der Waals surface area contributed by atoms with E-state index in [2.05, 4.69) is 48.1 Å². The Hall–Kier alpha value is -0.260. The summed E-state index contributed by atoms with van der Waals surface area (Å²) in [7, 11) is 0. The largest absolute Gasteiger partial charge is 0.0993 e. The lowest BCUT2D eigenvalue weighted by Crippen LogP contribution is -2.26. The van der Waals surface area contributed by atoms with Crippen LogP contribution in [0.15, 0.2) is 12.2 Å². The first-order valence-electron chi connectivity index (χ1n) is 7.85. The van der Waals surface area contributed by atoms with Crippen molar-refractivity contribution >= 4 is 0 Å². The van der Waals surface area contributed by atoms with E-state index < -0.39 is 0 Å². The highest BCUT2D eigenvalue weighted by atomic mass is 14.4. The van der Waals surface area contributed by atoms with E-state index in [4.69, 9.17) is 0 Å². The van der Waals surface area contributed by atoms with E-state index in [1.165, 1.54) is 44.1 Å². The van der Waals surface area contributed by atoms with E-state index in [0.29, 0.717) is 10.8 Å². The fourth-order valence-electron chi connectivity index (χ4n) is 3.11. The average molecular weight is 250 g/mol. The first-order valence-corrected chi connectivity index (χ1v) is 7.85. The molecule has 0 atom stereocenters. The van der Waals surface area contributed by atoms with Crippen molar-refractivity contribution < 1.29 is 0 Å². The first kappa shape index (κ1) is 15.8. The minimum atomic E-state index is 0.334. The smallest absolute Gasteiger partial charge is 0.0150 e. The maximum atomic E-state index is 4.36. The summed E-state index contributed by atoms with van der Waals surface area (Å²) in [4.78, 5) is 0. The van der Waals surface area contributed by atoms with Gasteiger partial charge in [-0.25, -0.2) is 0 Å². The zero-order valence-electron chi connectivity index (χ0n) is 13.6. The Morgan fingerprint density at radius 2 is 1.50 bits per heavy atom. The Morgan fingerprint density at radius 1 is 1.00 bits per heavy atom. The molecule has 0 aliphatic heterocycles. The van der Waals surface area contributed by atoms with Crippen LogP contribution < -0.4 is 0 Å². The molecule has 0 saturated heterocycles. The summed E-state index contributed by atoms with van der Waals surface area (Å²) in [6.45, 7) is 18.5. The van der Waals surface area contributed by atoms with Crippen molar-refractivity contribution in [2.45, 2.75) is 80.1 Å². The van der Waals surface area contributed by atoms with Gasteiger partial charge in [0.2, 0.25) is 0 Å². The number of rotatable bonds is 4. The van der Waals surface area contributed by atoms with E-state index in [-0.39, 0.29) is 0 Å². The van der Waals surface area contributed by atoms with Gasteiger partial charge < -0.3 is 0 Å². The standard InChI is InChI=1S/C18H34/c1-8-18(6,7)14(2)13-15-9-11-16(12-10-15)17(3,4)5/h15-16H,2,8-13H2,1,3-7H3. The normalized spacial score (nSPS) is 26.1. The molecule has 0 aromatic heterocycles. The highest BCUT2D eigenvalue weighted by Crippen LogP contribution is 2.43. The molecule has 1 aliphatic rings. The van der Waals surface area contributed by atoms with Crippen LogP contribution >= 0.6 is 0 Å². The summed E-state index contributed by atoms with van der Waals surface area (Å²) in [6, 6.07) is 0. The topological polar surface area (TPSA) is 0 Å². The Morgan fingerprint density at radius 3 is 1.89 bits per heavy atom. The third-order valence-corrected chi connectivity index (χ3v) is 5.45. The summed E-state index contributed by atoms with van der Waals surface area (Å²) >= 11 is 0. The summed E-state index contributed by atoms with van der Waals surface area (Å²) in [5, 5.41) is 0. The molecule has 0 unspecified atom stereocenters. The predicted molar refractivity (Wildman–Crippen MR) is 82.7 cm³/mol. The number of hydrogen-bond donors (Lipinski definition) is 0. The minimum Gasteiger partial charge on any atom is -0.0993 e. The van der Waals surface area contributed by atoms with Crippen molar-refractivity contribution in [3.63, 3.8) is 0 Å². The maximum Gasteiger partial charge on any atom is -0.0150 e. The van der Waals surface area contributed by atoms with Crippen LogP contribution in [0.5, 0.6) is 0 Å². The van der Waals surface area contributed by atoms with Gasteiger partial charge in [0, 0.05) is 0 Å². The van der Waals surface area contributed by atoms with Crippen LogP contribution in [0.25, 0.3) is 0 Å². The monoisotopic (exact) mass is 250 g/mol. The van der Waals surface area contributed by atoms with Crippen molar-refractivity contribution in [1.29, 1.82) is 0 Å². The van der Waals surface area contributed by atoms with Gasteiger partial charge in [-0.2, -0.15) is 0 Å². The molecule has 0 amide bonds. The van der Waals surface area contributed by atoms with Gasteiger partial charge in [0.05, 0.1) is 0 Å². The van der Waals surface area contributed by atoms with Crippen LogP contribution in [0.4, 0.5) is 0 Å². The summed E-state index contributed by atoms with van der Waals surface area (Å²) in [6.07, 6.45) is 8.16. The molecule has 0 heteroatoms. The van der Waals surface area contributed by atoms with Crippen LogP contribution in [0.2, 0.25) is 0 Å². The van der Waals surface area contributed by atoms with Gasteiger partial charge in [-0.1, -0.05) is 53.7 Å². The number of allylic oxidation sites excluding steroid dienone is 1. The van der Waals surface area contributed by atoms with Crippen LogP contribution in [-0.2, 0) is 0 Å². The van der Waals surface area contributed by atoms with Gasteiger partial charge in [-0.3, -0.25) is 0 Å². The van der Waals surface area contributed by atoms with Gasteiger partial charge in [-0.05, 0) is 61.2 Å². The third kappa shape index (κ3) is 4.14. The molecule has 1 aliphatic carbocycles. The maximum absolute atomic E-state index is 4.36. The lowest BCUT2D eigenvalue weighted by molar-refractivity contribution is 0.147. The molecular formula is C18H34. The Bertz CT molecular complexity index is 269. The zero-order valence-corrected chi connectivity index (χ0v) is 13.6. The van der Waals surface area contributed by atoms with Gasteiger partial charge in [-0.15, -0.1) is 0 Å². The Labute approximate surface area is 115 Å². The average Bonchev–Trinajstić information content (AvgIpc) is 2.28. The van der Waals surface area contributed by atoms with Crippen molar-refractivity contribution in [3.05, 3.63) is 12.2 Å². The van der Waals surface area contributed by atoms with E-state index in [0.717, 1.165) is 11.8 Å². The summed E-state index contributed by atoms with van der Waals surface area (Å²) < 4.78 is 0. The minimum absolute atomic E-state index is 0.334.